The number of amides is 2. The van der Waals surface area contributed by atoms with Crippen molar-refractivity contribution in [1.82, 2.24) is 20.2 Å². The third-order valence-electron chi connectivity index (χ3n) is 4.75. The van der Waals surface area contributed by atoms with Gasteiger partial charge in [0, 0.05) is 23.1 Å². The van der Waals surface area contributed by atoms with Crippen LogP contribution >= 0.6 is 15.9 Å². The van der Waals surface area contributed by atoms with E-state index in [-0.39, 0.29) is 6.42 Å². The lowest BCUT2D eigenvalue weighted by Crippen LogP contribution is -2.52. The van der Waals surface area contributed by atoms with Gasteiger partial charge in [-0.1, -0.05) is 28.1 Å². The minimum Gasteiger partial charge on any atom is -0.469 e. The number of H-pyrrole nitrogens is 1. The summed E-state index contributed by atoms with van der Waals surface area (Å²) in [5.74, 6) is -1.35. The van der Waals surface area contributed by atoms with Crippen molar-refractivity contribution < 1.29 is 23.9 Å². The number of urea groups is 1. The summed E-state index contributed by atoms with van der Waals surface area (Å²) < 4.78 is 10.2. The summed E-state index contributed by atoms with van der Waals surface area (Å²) in [5.41, 5.74) is 2.58. The third kappa shape index (κ3) is 4.58. The second-order valence-electron chi connectivity index (χ2n) is 6.47. The fourth-order valence-corrected chi connectivity index (χ4v) is 3.56. The summed E-state index contributed by atoms with van der Waals surface area (Å²) in [6, 6.07) is 5.52. The Morgan fingerprint density at radius 3 is 2.66 bits per heavy atom. The molecule has 0 saturated heterocycles. The number of benzene rings is 1. The number of rotatable bonds is 5. The molecule has 2 heterocycles. The number of fused-ring (bicyclic) bond motifs is 1. The summed E-state index contributed by atoms with van der Waals surface area (Å²) in [6.07, 6.45) is 1.88. The van der Waals surface area contributed by atoms with Crippen LogP contribution in [0.3, 0.4) is 0 Å². The minimum atomic E-state index is -1.15. The molecule has 0 spiro atoms. The first kappa shape index (κ1) is 20.8. The minimum absolute atomic E-state index is 0.320. The largest absolute Gasteiger partial charge is 0.469 e. The van der Waals surface area contributed by atoms with Crippen molar-refractivity contribution in [2.45, 2.75) is 24.9 Å². The van der Waals surface area contributed by atoms with E-state index in [0.717, 1.165) is 21.4 Å². The topological polar surface area (TPSA) is 114 Å². The number of carbonyl (C=O) groups is 3. The third-order valence-corrected chi connectivity index (χ3v) is 5.28. The number of nitrogens with one attached hydrogen (secondary N) is 2. The number of carbonyl (C=O) groups excluding carboxylic acids is 3. The summed E-state index contributed by atoms with van der Waals surface area (Å²) in [7, 11) is 2.41. The molecule has 3 rings (SSSR count). The summed E-state index contributed by atoms with van der Waals surface area (Å²) >= 11 is 3.41. The fraction of sp³-hybridized carbons (Fsp3) is 0.368. The van der Waals surface area contributed by atoms with Gasteiger partial charge in [-0.3, -0.25) is 4.79 Å². The van der Waals surface area contributed by atoms with Crippen LogP contribution in [-0.4, -0.2) is 59.6 Å². The zero-order valence-corrected chi connectivity index (χ0v) is 17.6. The zero-order valence-electron chi connectivity index (χ0n) is 16.0. The van der Waals surface area contributed by atoms with E-state index in [9.17, 15) is 14.4 Å². The van der Waals surface area contributed by atoms with Gasteiger partial charge in [0.2, 0.25) is 0 Å². The van der Waals surface area contributed by atoms with Gasteiger partial charge in [-0.05, 0) is 17.7 Å². The average Bonchev–Trinajstić information content (AvgIpc) is 3.21. The highest BCUT2D eigenvalue weighted by molar-refractivity contribution is 9.10. The Bertz CT molecular complexity index is 898. The number of halogens is 1. The maximum absolute atomic E-state index is 13.1. The van der Waals surface area contributed by atoms with E-state index in [4.69, 9.17) is 4.74 Å². The van der Waals surface area contributed by atoms with E-state index >= 15 is 0 Å². The van der Waals surface area contributed by atoms with Crippen LogP contribution in [-0.2, 0) is 25.5 Å². The van der Waals surface area contributed by atoms with E-state index < -0.39 is 30.1 Å². The van der Waals surface area contributed by atoms with Crippen molar-refractivity contribution in [1.29, 1.82) is 0 Å². The molecule has 2 aromatic rings. The molecule has 0 saturated carbocycles. The number of aromatic nitrogens is 2. The lowest BCUT2D eigenvalue weighted by atomic mass is 9.96. The molecule has 154 valence electrons. The lowest BCUT2D eigenvalue weighted by molar-refractivity contribution is -0.149. The number of nitrogens with zero attached hydrogens (tertiary/aromatic N) is 2. The highest BCUT2D eigenvalue weighted by Crippen LogP contribution is 2.33. The highest BCUT2D eigenvalue weighted by Gasteiger charge is 2.36. The van der Waals surface area contributed by atoms with Gasteiger partial charge in [0.05, 0.1) is 32.7 Å². The normalized spacial score (nSPS) is 16.5. The molecular formula is C19H21BrN4O5. The second-order valence-corrected chi connectivity index (χ2v) is 7.38. The molecular weight excluding hydrogens is 444 g/mol. The van der Waals surface area contributed by atoms with Crippen molar-refractivity contribution in [3.63, 3.8) is 0 Å². The van der Waals surface area contributed by atoms with Crippen LogP contribution in [0.25, 0.3) is 0 Å². The number of hydrogen-bond donors (Lipinski definition) is 2. The number of ether oxygens (including phenoxy) is 2. The van der Waals surface area contributed by atoms with Gasteiger partial charge in [-0.25, -0.2) is 14.6 Å². The van der Waals surface area contributed by atoms with Gasteiger partial charge in [-0.2, -0.15) is 0 Å². The first-order valence-electron chi connectivity index (χ1n) is 8.94. The van der Waals surface area contributed by atoms with Gasteiger partial charge in [0.15, 0.2) is 0 Å². The molecule has 1 aliphatic rings. The predicted octanol–water partition coefficient (Wildman–Crippen LogP) is 1.93. The van der Waals surface area contributed by atoms with Crippen molar-refractivity contribution >= 4 is 33.9 Å². The number of imidazole rings is 1. The van der Waals surface area contributed by atoms with E-state index in [1.165, 1.54) is 14.2 Å². The van der Waals surface area contributed by atoms with E-state index in [0.29, 0.717) is 13.0 Å². The molecule has 1 aromatic carbocycles. The summed E-state index contributed by atoms with van der Waals surface area (Å²) in [4.78, 5) is 45.9. The van der Waals surface area contributed by atoms with Gasteiger partial charge in [0.1, 0.15) is 12.1 Å². The van der Waals surface area contributed by atoms with E-state index in [1.807, 2.05) is 24.3 Å². The summed E-state index contributed by atoms with van der Waals surface area (Å²) in [5, 5.41) is 2.60. The zero-order chi connectivity index (χ0) is 21.0. The van der Waals surface area contributed by atoms with E-state index in [1.54, 1.807) is 11.2 Å². The van der Waals surface area contributed by atoms with Crippen LogP contribution in [0.1, 0.15) is 29.4 Å². The molecule has 0 fully saturated rings. The Balaban J connectivity index is 1.88. The number of hydrogen-bond acceptors (Lipinski definition) is 6. The molecule has 10 heteroatoms. The quantitative estimate of drug-likeness (QED) is 0.653. The van der Waals surface area contributed by atoms with Gasteiger partial charge in [0.25, 0.3) is 0 Å². The fourth-order valence-electron chi connectivity index (χ4n) is 3.30. The standard InChI is InChI=1S/C19H21BrN4O5/c1-28-15(25)9-14(18(26)29-2)23-19(27)24-8-7-13-16(22-10-21-13)17(24)11-3-5-12(20)6-4-11/h3-6,10,14,17H,7-9H2,1-2H3,(H,21,22)(H,23,27). The molecule has 2 unspecified atom stereocenters. The molecule has 2 atom stereocenters. The van der Waals surface area contributed by atoms with Gasteiger partial charge >= 0.3 is 18.0 Å². The maximum Gasteiger partial charge on any atom is 0.329 e. The monoisotopic (exact) mass is 464 g/mol. The Morgan fingerprint density at radius 1 is 1.28 bits per heavy atom. The molecule has 0 radical (unpaired) electrons. The SMILES string of the molecule is COC(=O)CC(NC(=O)N1CCc2[nH]cnc2C1c1ccc(Br)cc1)C(=O)OC. The molecule has 0 bridgehead atoms. The molecule has 2 N–H and O–H groups in total. The van der Waals surface area contributed by atoms with Crippen LogP contribution in [0.5, 0.6) is 0 Å². The van der Waals surface area contributed by atoms with Crippen LogP contribution < -0.4 is 5.32 Å². The number of methoxy groups -OCH3 is 2. The van der Waals surface area contributed by atoms with Crippen LogP contribution in [0.15, 0.2) is 35.1 Å². The second kappa shape index (κ2) is 9.08. The Hall–Kier alpha value is -2.88. The van der Waals surface area contributed by atoms with Crippen molar-refractivity contribution in [2.24, 2.45) is 0 Å². The van der Waals surface area contributed by atoms with Gasteiger partial charge < -0.3 is 24.7 Å². The van der Waals surface area contributed by atoms with Crippen LogP contribution in [0.4, 0.5) is 4.79 Å². The van der Waals surface area contributed by atoms with Gasteiger partial charge in [-0.15, -0.1) is 0 Å². The lowest BCUT2D eigenvalue weighted by Gasteiger charge is -2.36. The maximum atomic E-state index is 13.1. The Kier molecular flexibility index (Phi) is 6.53. The molecule has 9 nitrogen and oxygen atoms in total. The Labute approximate surface area is 175 Å². The van der Waals surface area contributed by atoms with Crippen LogP contribution in [0, 0.1) is 0 Å². The molecule has 1 aliphatic heterocycles. The highest BCUT2D eigenvalue weighted by atomic mass is 79.9. The van der Waals surface area contributed by atoms with Crippen molar-refractivity contribution in [3.8, 4) is 0 Å². The molecule has 1 aromatic heterocycles. The molecule has 0 aliphatic carbocycles. The summed E-state index contributed by atoms with van der Waals surface area (Å²) in [6.45, 7) is 0.411. The van der Waals surface area contributed by atoms with Crippen molar-refractivity contribution in [2.75, 3.05) is 20.8 Å². The number of aromatic amines is 1. The predicted molar refractivity (Wildman–Crippen MR) is 106 cm³/mol. The van der Waals surface area contributed by atoms with E-state index in [2.05, 4.69) is 36.0 Å². The number of esters is 2. The smallest absolute Gasteiger partial charge is 0.329 e. The molecule has 2 amide bonds. The van der Waals surface area contributed by atoms with Crippen molar-refractivity contribution in [3.05, 3.63) is 52.0 Å². The first-order valence-corrected chi connectivity index (χ1v) is 9.73. The molecule has 29 heavy (non-hydrogen) atoms. The Morgan fingerprint density at radius 2 is 2.00 bits per heavy atom. The first-order chi connectivity index (χ1) is 13.9. The average molecular weight is 465 g/mol. The van der Waals surface area contributed by atoms with Crippen LogP contribution in [0.2, 0.25) is 0 Å².